The predicted octanol–water partition coefficient (Wildman–Crippen LogP) is 2.69. The number of benzene rings is 1. The molecule has 0 spiro atoms. The normalized spacial score (nSPS) is 20.1. The summed E-state index contributed by atoms with van der Waals surface area (Å²) in [7, 11) is 1.59. The molecule has 1 aliphatic rings. The van der Waals surface area contributed by atoms with E-state index in [4.69, 9.17) is 4.74 Å². The highest BCUT2D eigenvalue weighted by molar-refractivity contribution is 9.09. The van der Waals surface area contributed by atoms with Gasteiger partial charge in [-0.1, -0.05) is 28.1 Å². The van der Waals surface area contributed by atoms with Crippen LogP contribution in [0.4, 0.5) is 0 Å². The van der Waals surface area contributed by atoms with Crippen LogP contribution in [0.1, 0.15) is 23.2 Å². The van der Waals surface area contributed by atoms with Gasteiger partial charge in [-0.25, -0.2) is 0 Å². The van der Waals surface area contributed by atoms with Crippen LogP contribution in [-0.2, 0) is 0 Å². The number of amides is 1. The van der Waals surface area contributed by atoms with Crippen LogP contribution in [0, 0.1) is 0 Å². The number of methoxy groups -OCH3 is 1. The van der Waals surface area contributed by atoms with E-state index >= 15 is 0 Å². The van der Waals surface area contributed by atoms with E-state index in [0.29, 0.717) is 16.1 Å². The van der Waals surface area contributed by atoms with Crippen molar-refractivity contribution in [3.05, 3.63) is 29.8 Å². The molecule has 1 atom stereocenters. The fourth-order valence-electron chi connectivity index (χ4n) is 2.10. The highest BCUT2D eigenvalue weighted by Gasteiger charge is 2.24. The molecule has 1 unspecified atom stereocenters. The van der Waals surface area contributed by atoms with E-state index in [0.717, 1.165) is 25.9 Å². The summed E-state index contributed by atoms with van der Waals surface area (Å²) in [5, 5.41) is 0. The topological polar surface area (TPSA) is 29.5 Å². The Morgan fingerprint density at radius 2 is 2.24 bits per heavy atom. The monoisotopic (exact) mass is 297 g/mol. The molecule has 92 valence electrons. The Labute approximate surface area is 110 Å². The van der Waals surface area contributed by atoms with Gasteiger partial charge >= 0.3 is 0 Å². The van der Waals surface area contributed by atoms with Crippen LogP contribution in [0.2, 0.25) is 0 Å². The molecule has 0 saturated carbocycles. The number of nitrogens with zero attached hydrogens (tertiary/aromatic N) is 1. The smallest absolute Gasteiger partial charge is 0.257 e. The standard InChI is InChI=1S/C13H16BrNO2/c1-17-12-7-3-2-6-11(12)13(16)15-8-4-5-10(14)9-15/h2-3,6-7,10H,4-5,8-9H2,1H3. The van der Waals surface area contributed by atoms with E-state index in [-0.39, 0.29) is 5.91 Å². The Morgan fingerprint density at radius 3 is 2.94 bits per heavy atom. The van der Waals surface area contributed by atoms with Gasteiger partial charge in [-0.2, -0.15) is 0 Å². The first-order valence-electron chi connectivity index (χ1n) is 5.78. The maximum absolute atomic E-state index is 12.4. The van der Waals surface area contributed by atoms with Crippen LogP contribution in [0.15, 0.2) is 24.3 Å². The van der Waals surface area contributed by atoms with E-state index in [1.807, 2.05) is 29.2 Å². The number of halogens is 1. The lowest BCUT2D eigenvalue weighted by atomic mass is 10.1. The molecular weight excluding hydrogens is 282 g/mol. The summed E-state index contributed by atoms with van der Waals surface area (Å²) in [6.07, 6.45) is 2.19. The minimum Gasteiger partial charge on any atom is -0.496 e. The van der Waals surface area contributed by atoms with Gasteiger partial charge in [-0.15, -0.1) is 0 Å². The molecule has 17 heavy (non-hydrogen) atoms. The molecule has 1 saturated heterocycles. The molecule has 0 N–H and O–H groups in total. The number of carbonyl (C=O) groups is 1. The van der Waals surface area contributed by atoms with Gasteiger partial charge in [0.15, 0.2) is 0 Å². The van der Waals surface area contributed by atoms with Crippen molar-refractivity contribution in [1.82, 2.24) is 4.90 Å². The summed E-state index contributed by atoms with van der Waals surface area (Å²) in [6.45, 7) is 1.61. The third kappa shape index (κ3) is 2.80. The van der Waals surface area contributed by atoms with Crippen molar-refractivity contribution < 1.29 is 9.53 Å². The number of alkyl halides is 1. The average molecular weight is 298 g/mol. The molecule has 4 heteroatoms. The van der Waals surface area contributed by atoms with Crippen LogP contribution in [-0.4, -0.2) is 35.8 Å². The number of piperidine rings is 1. The number of likely N-dealkylation sites (tertiary alicyclic amines) is 1. The SMILES string of the molecule is COc1ccccc1C(=O)N1CCCC(Br)C1. The van der Waals surface area contributed by atoms with Gasteiger partial charge < -0.3 is 9.64 Å². The first-order chi connectivity index (χ1) is 8.22. The summed E-state index contributed by atoms with van der Waals surface area (Å²) < 4.78 is 5.22. The molecule has 0 aliphatic carbocycles. The Bertz CT molecular complexity index is 408. The quantitative estimate of drug-likeness (QED) is 0.786. The molecule has 1 fully saturated rings. The van der Waals surface area contributed by atoms with Gasteiger partial charge in [0, 0.05) is 17.9 Å². The molecule has 1 amide bonds. The molecule has 2 rings (SSSR count). The van der Waals surface area contributed by atoms with Crippen molar-refractivity contribution in [3.63, 3.8) is 0 Å². The highest BCUT2D eigenvalue weighted by Crippen LogP contribution is 2.23. The predicted molar refractivity (Wildman–Crippen MR) is 70.8 cm³/mol. The van der Waals surface area contributed by atoms with Crippen LogP contribution in [0.25, 0.3) is 0 Å². The maximum atomic E-state index is 12.4. The van der Waals surface area contributed by atoms with Crippen molar-refractivity contribution in [2.75, 3.05) is 20.2 Å². The molecule has 3 nitrogen and oxygen atoms in total. The fourth-order valence-corrected chi connectivity index (χ4v) is 2.77. The number of para-hydroxylation sites is 1. The second kappa shape index (κ2) is 5.54. The minimum atomic E-state index is 0.0617. The van der Waals surface area contributed by atoms with Gasteiger partial charge in [-0.3, -0.25) is 4.79 Å². The van der Waals surface area contributed by atoms with Crippen molar-refractivity contribution in [2.24, 2.45) is 0 Å². The number of carbonyl (C=O) groups excluding carboxylic acids is 1. The number of rotatable bonds is 2. The van der Waals surface area contributed by atoms with E-state index in [2.05, 4.69) is 15.9 Å². The molecule has 0 radical (unpaired) electrons. The number of ether oxygens (including phenoxy) is 1. The first-order valence-corrected chi connectivity index (χ1v) is 6.70. The van der Waals surface area contributed by atoms with E-state index in [1.54, 1.807) is 7.11 Å². The molecule has 1 aliphatic heterocycles. The Hall–Kier alpha value is -1.03. The number of hydrogen-bond donors (Lipinski definition) is 0. The summed E-state index contributed by atoms with van der Waals surface area (Å²) >= 11 is 3.58. The Morgan fingerprint density at radius 1 is 1.47 bits per heavy atom. The van der Waals surface area contributed by atoms with Crippen LogP contribution < -0.4 is 4.74 Å². The highest BCUT2D eigenvalue weighted by atomic mass is 79.9. The summed E-state index contributed by atoms with van der Waals surface area (Å²) in [5.41, 5.74) is 0.650. The third-order valence-electron chi connectivity index (χ3n) is 2.99. The third-order valence-corrected chi connectivity index (χ3v) is 3.74. The molecule has 1 heterocycles. The molecule has 1 aromatic rings. The largest absolute Gasteiger partial charge is 0.496 e. The zero-order valence-corrected chi connectivity index (χ0v) is 11.4. The zero-order valence-electron chi connectivity index (χ0n) is 9.86. The Kier molecular flexibility index (Phi) is 4.05. The molecular formula is C13H16BrNO2. The van der Waals surface area contributed by atoms with Crippen LogP contribution >= 0.6 is 15.9 Å². The van der Waals surface area contributed by atoms with Crippen molar-refractivity contribution >= 4 is 21.8 Å². The summed E-state index contributed by atoms with van der Waals surface area (Å²) in [5.74, 6) is 0.709. The van der Waals surface area contributed by atoms with Crippen molar-refractivity contribution in [3.8, 4) is 5.75 Å². The fraction of sp³-hybridized carbons (Fsp3) is 0.462. The second-order valence-corrected chi connectivity index (χ2v) is 5.49. The van der Waals surface area contributed by atoms with Crippen LogP contribution in [0.5, 0.6) is 5.75 Å². The molecule has 0 bridgehead atoms. The number of hydrogen-bond acceptors (Lipinski definition) is 2. The van der Waals surface area contributed by atoms with Crippen molar-refractivity contribution in [1.29, 1.82) is 0 Å². The Balaban J connectivity index is 2.18. The van der Waals surface area contributed by atoms with Gasteiger partial charge in [0.2, 0.25) is 0 Å². The maximum Gasteiger partial charge on any atom is 0.257 e. The van der Waals surface area contributed by atoms with E-state index < -0.39 is 0 Å². The van der Waals surface area contributed by atoms with E-state index in [9.17, 15) is 4.79 Å². The molecule has 0 aromatic heterocycles. The summed E-state index contributed by atoms with van der Waals surface area (Å²) in [6, 6.07) is 7.38. The van der Waals surface area contributed by atoms with E-state index in [1.165, 1.54) is 0 Å². The lowest BCUT2D eigenvalue weighted by Gasteiger charge is -2.30. The minimum absolute atomic E-state index is 0.0617. The zero-order chi connectivity index (χ0) is 12.3. The van der Waals surface area contributed by atoms with Gasteiger partial charge in [0.05, 0.1) is 12.7 Å². The second-order valence-electron chi connectivity index (χ2n) is 4.19. The van der Waals surface area contributed by atoms with Crippen molar-refractivity contribution in [2.45, 2.75) is 17.7 Å². The van der Waals surface area contributed by atoms with Gasteiger partial charge in [0.1, 0.15) is 5.75 Å². The lowest BCUT2D eigenvalue weighted by Crippen LogP contribution is -2.40. The lowest BCUT2D eigenvalue weighted by molar-refractivity contribution is 0.0726. The first kappa shape index (κ1) is 12.4. The average Bonchev–Trinajstić information content (AvgIpc) is 2.38. The van der Waals surface area contributed by atoms with Crippen LogP contribution in [0.3, 0.4) is 0 Å². The summed E-state index contributed by atoms with van der Waals surface area (Å²) in [4.78, 5) is 14.7. The molecule has 1 aromatic carbocycles. The van der Waals surface area contributed by atoms with Gasteiger partial charge in [0.25, 0.3) is 5.91 Å². The van der Waals surface area contributed by atoms with Gasteiger partial charge in [-0.05, 0) is 25.0 Å².